The quantitative estimate of drug-likeness (QED) is 0.196. The Hall–Kier alpha value is -3.88. The Labute approximate surface area is 257 Å². The summed E-state index contributed by atoms with van der Waals surface area (Å²) in [6.45, 7) is 8.02. The molecule has 0 unspecified atom stereocenters. The molecule has 1 aliphatic rings. The normalized spacial score (nSPS) is 18.1. The fraction of sp³-hybridized carbons (Fsp3) is 0.361. The van der Waals surface area contributed by atoms with Crippen LogP contribution in [0.4, 0.5) is 18.9 Å². The van der Waals surface area contributed by atoms with Crippen LogP contribution in [0.2, 0.25) is 0 Å². The van der Waals surface area contributed by atoms with E-state index in [0.29, 0.717) is 30.6 Å². The molecule has 2 heterocycles. The van der Waals surface area contributed by atoms with Gasteiger partial charge in [-0.1, -0.05) is 62.4 Å². The highest BCUT2D eigenvalue weighted by Gasteiger charge is 2.37. The summed E-state index contributed by atoms with van der Waals surface area (Å²) in [5, 5.41) is 3.08. The molecule has 0 radical (unpaired) electrons. The average molecular weight is 605 g/mol. The summed E-state index contributed by atoms with van der Waals surface area (Å²) in [5.41, 5.74) is 5.18. The van der Waals surface area contributed by atoms with E-state index < -0.39 is 18.3 Å². The Balaban J connectivity index is 1.66. The second kappa shape index (κ2) is 13.4. The van der Waals surface area contributed by atoms with Crippen molar-refractivity contribution in [2.45, 2.75) is 83.8 Å². The van der Waals surface area contributed by atoms with Crippen LogP contribution < -0.4 is 5.32 Å². The largest absolute Gasteiger partial charge is 0.347 e. The maximum atomic E-state index is 14.2. The Morgan fingerprint density at radius 2 is 1.52 bits per heavy atom. The van der Waals surface area contributed by atoms with E-state index in [2.05, 4.69) is 9.88 Å². The Morgan fingerprint density at radius 3 is 2.14 bits per heavy atom. The number of carbonyl (C=O) groups is 1. The van der Waals surface area contributed by atoms with Crippen LogP contribution in [0.15, 0.2) is 84.9 Å². The molecule has 1 fully saturated rings. The molecule has 0 spiro atoms. The third-order valence-corrected chi connectivity index (χ3v) is 7.83. The van der Waals surface area contributed by atoms with Gasteiger partial charge in [0.15, 0.2) is 5.79 Å². The number of hydrogen-bond acceptors (Lipinski definition) is 3. The molecule has 1 aromatic heterocycles. The van der Waals surface area contributed by atoms with E-state index in [1.54, 1.807) is 26.0 Å². The van der Waals surface area contributed by atoms with Gasteiger partial charge in [0.2, 0.25) is 6.43 Å². The van der Waals surface area contributed by atoms with Crippen molar-refractivity contribution in [2.24, 2.45) is 0 Å². The van der Waals surface area contributed by atoms with Crippen LogP contribution in [0, 0.1) is 5.82 Å². The Kier molecular flexibility index (Phi) is 9.61. The van der Waals surface area contributed by atoms with Crippen molar-refractivity contribution in [3.05, 3.63) is 102 Å². The summed E-state index contributed by atoms with van der Waals surface area (Å²) in [4.78, 5) is 14.2. The lowest BCUT2D eigenvalue weighted by Gasteiger charge is -2.41. The molecule has 232 valence electrons. The molecule has 5 nitrogen and oxygen atoms in total. The number of amides is 1. The molecule has 0 bridgehead atoms. The molecular formula is C36H39F3N2O3. The Morgan fingerprint density at radius 1 is 0.909 bits per heavy atom. The number of hydrogen-bond donors (Lipinski definition) is 1. The number of rotatable bonds is 10. The lowest BCUT2D eigenvalue weighted by Crippen LogP contribution is -2.45. The summed E-state index contributed by atoms with van der Waals surface area (Å²) < 4.78 is 54.9. The minimum absolute atomic E-state index is 0.0678. The highest BCUT2D eigenvalue weighted by atomic mass is 19.3. The van der Waals surface area contributed by atoms with Crippen LogP contribution in [0.1, 0.15) is 68.9 Å². The van der Waals surface area contributed by atoms with Crippen LogP contribution >= 0.6 is 0 Å². The van der Waals surface area contributed by atoms with Gasteiger partial charge in [-0.2, -0.15) is 0 Å². The van der Waals surface area contributed by atoms with Gasteiger partial charge in [0.1, 0.15) is 5.82 Å². The number of carbonyl (C=O) groups excluding carboxylic acids is 1. The zero-order valence-corrected chi connectivity index (χ0v) is 25.5. The maximum absolute atomic E-state index is 14.2. The van der Waals surface area contributed by atoms with Crippen molar-refractivity contribution in [2.75, 3.05) is 5.32 Å². The van der Waals surface area contributed by atoms with Gasteiger partial charge in [-0.3, -0.25) is 4.79 Å². The van der Waals surface area contributed by atoms with Gasteiger partial charge in [0.25, 0.3) is 5.91 Å². The highest BCUT2D eigenvalue weighted by molar-refractivity contribution is 6.12. The lowest BCUT2D eigenvalue weighted by molar-refractivity contribution is -0.304. The van der Waals surface area contributed by atoms with Crippen molar-refractivity contribution in [3.63, 3.8) is 0 Å². The van der Waals surface area contributed by atoms with Crippen LogP contribution in [-0.2, 0) is 16.0 Å². The molecule has 0 aliphatic carbocycles. The molecule has 3 aromatic carbocycles. The number of nitrogens with zero attached hydrogens (tertiary/aromatic N) is 1. The number of anilines is 1. The smallest absolute Gasteiger partial charge is 0.258 e. The first-order valence-electron chi connectivity index (χ1n) is 15.1. The predicted octanol–water partition coefficient (Wildman–Crippen LogP) is 9.29. The summed E-state index contributed by atoms with van der Waals surface area (Å²) in [5.74, 6) is -1.68. The lowest BCUT2D eigenvalue weighted by atomic mass is 9.94. The molecule has 1 N–H and O–H groups in total. The van der Waals surface area contributed by atoms with Crippen LogP contribution in [0.5, 0.6) is 0 Å². The first kappa shape index (κ1) is 31.5. The van der Waals surface area contributed by atoms with Gasteiger partial charge in [-0.25, -0.2) is 13.2 Å². The molecule has 1 saturated heterocycles. The standard InChI is InChI=1S/C36H39F3N2O3/c1-23(2)33-32(35(42)40-27-13-9-6-10-14-27)31(24-11-7-5-8-12-24)34(25-15-17-26(37)18-16-25)41(33)20-19-28-21-29(22-30(38)39)44-36(3,4)43-28/h5-18,23,28-30H,19-22H2,1-4H3,(H,40,42)/t28-,29-/m1/s1. The van der Waals surface area contributed by atoms with Crippen LogP contribution in [0.25, 0.3) is 22.4 Å². The van der Waals surface area contributed by atoms with Gasteiger partial charge < -0.3 is 19.4 Å². The van der Waals surface area contributed by atoms with Gasteiger partial charge in [-0.15, -0.1) is 0 Å². The number of nitrogens with one attached hydrogen (secondary N) is 1. The minimum Gasteiger partial charge on any atom is -0.347 e. The average Bonchev–Trinajstić information content (AvgIpc) is 3.32. The summed E-state index contributed by atoms with van der Waals surface area (Å²) in [6, 6.07) is 25.3. The van der Waals surface area contributed by atoms with E-state index in [1.165, 1.54) is 12.1 Å². The Bertz CT molecular complexity index is 1550. The molecule has 1 aliphatic heterocycles. The third-order valence-electron chi connectivity index (χ3n) is 7.83. The fourth-order valence-corrected chi connectivity index (χ4v) is 6.22. The topological polar surface area (TPSA) is 52.5 Å². The van der Waals surface area contributed by atoms with E-state index >= 15 is 0 Å². The zero-order chi connectivity index (χ0) is 31.4. The zero-order valence-electron chi connectivity index (χ0n) is 25.5. The number of para-hydroxylation sites is 1. The number of alkyl halides is 2. The highest BCUT2D eigenvalue weighted by Crippen LogP contribution is 2.43. The van der Waals surface area contributed by atoms with Crippen molar-refractivity contribution < 1.29 is 27.4 Å². The SMILES string of the molecule is CC(C)c1c(C(=O)Nc2ccccc2)c(-c2ccccc2)c(-c2ccc(F)cc2)n1CC[C@@H]1C[C@H](CC(F)F)OC(C)(C)O1. The molecule has 0 saturated carbocycles. The van der Waals surface area contributed by atoms with E-state index in [0.717, 1.165) is 28.1 Å². The van der Waals surface area contributed by atoms with Crippen molar-refractivity contribution >= 4 is 11.6 Å². The summed E-state index contributed by atoms with van der Waals surface area (Å²) in [7, 11) is 0. The van der Waals surface area contributed by atoms with Crippen LogP contribution in [-0.4, -0.2) is 34.9 Å². The number of aromatic nitrogens is 1. The molecular weight excluding hydrogens is 565 g/mol. The molecule has 44 heavy (non-hydrogen) atoms. The van der Waals surface area contributed by atoms with Gasteiger partial charge in [0, 0.05) is 36.3 Å². The summed E-state index contributed by atoms with van der Waals surface area (Å²) >= 11 is 0. The second-order valence-corrected chi connectivity index (χ2v) is 12.0. The fourth-order valence-electron chi connectivity index (χ4n) is 6.22. The van der Waals surface area contributed by atoms with E-state index in [-0.39, 0.29) is 30.2 Å². The van der Waals surface area contributed by atoms with Gasteiger partial charge in [-0.05, 0) is 73.7 Å². The number of benzene rings is 3. The van der Waals surface area contributed by atoms with Crippen molar-refractivity contribution in [3.8, 4) is 22.4 Å². The first-order chi connectivity index (χ1) is 21.0. The second-order valence-electron chi connectivity index (χ2n) is 12.0. The van der Waals surface area contributed by atoms with Gasteiger partial charge in [0.05, 0.1) is 23.5 Å². The third kappa shape index (κ3) is 7.25. The molecule has 1 amide bonds. The van der Waals surface area contributed by atoms with Crippen LogP contribution in [0.3, 0.4) is 0 Å². The van der Waals surface area contributed by atoms with Crippen molar-refractivity contribution in [1.82, 2.24) is 4.57 Å². The van der Waals surface area contributed by atoms with E-state index in [1.807, 2.05) is 74.5 Å². The molecule has 2 atom stereocenters. The van der Waals surface area contributed by atoms with E-state index in [4.69, 9.17) is 9.47 Å². The maximum Gasteiger partial charge on any atom is 0.258 e. The monoisotopic (exact) mass is 604 g/mol. The molecule has 8 heteroatoms. The molecule has 4 aromatic rings. The molecule has 5 rings (SSSR count). The number of halogens is 3. The first-order valence-corrected chi connectivity index (χ1v) is 15.1. The van der Waals surface area contributed by atoms with E-state index in [9.17, 15) is 18.0 Å². The number of ether oxygens (including phenoxy) is 2. The van der Waals surface area contributed by atoms with Gasteiger partial charge >= 0.3 is 0 Å². The summed E-state index contributed by atoms with van der Waals surface area (Å²) in [6.07, 6.45) is -2.95. The minimum atomic E-state index is -2.48. The predicted molar refractivity (Wildman–Crippen MR) is 167 cm³/mol. The van der Waals surface area contributed by atoms with Crippen molar-refractivity contribution in [1.29, 1.82) is 0 Å².